The number of carbonyl (C=O) groups is 1. The Balaban J connectivity index is 2.70. The van der Waals surface area contributed by atoms with Crippen LogP contribution in [0.25, 0.3) is 0 Å². The molecule has 0 atom stereocenters. The van der Waals surface area contributed by atoms with Crippen molar-refractivity contribution in [1.82, 2.24) is 0 Å². The lowest BCUT2D eigenvalue weighted by Gasteiger charge is -1.97. The standard InChI is InChI=1S/C5H11NO2S2/c6-1-3-9-10-4-2-8-5-7/h5H,1-4,6H2. The van der Waals surface area contributed by atoms with Crippen molar-refractivity contribution >= 4 is 28.1 Å². The molecule has 0 saturated carbocycles. The molecule has 0 amide bonds. The second-order valence-corrected chi connectivity index (χ2v) is 4.10. The molecule has 0 heterocycles. The molecule has 0 bridgehead atoms. The molecule has 10 heavy (non-hydrogen) atoms. The summed E-state index contributed by atoms with van der Waals surface area (Å²) < 4.78 is 4.47. The lowest BCUT2D eigenvalue weighted by Crippen LogP contribution is -2.00. The average molecular weight is 181 g/mol. The Labute approximate surface area is 68.5 Å². The van der Waals surface area contributed by atoms with Gasteiger partial charge in [-0.2, -0.15) is 0 Å². The number of carbonyl (C=O) groups excluding carboxylic acids is 1. The Morgan fingerprint density at radius 2 is 2.10 bits per heavy atom. The monoisotopic (exact) mass is 181 g/mol. The highest BCUT2D eigenvalue weighted by molar-refractivity contribution is 8.76. The molecule has 0 radical (unpaired) electrons. The quantitative estimate of drug-likeness (QED) is 0.352. The zero-order valence-electron chi connectivity index (χ0n) is 5.62. The van der Waals surface area contributed by atoms with E-state index in [1.54, 1.807) is 21.6 Å². The zero-order valence-corrected chi connectivity index (χ0v) is 7.25. The molecular weight excluding hydrogens is 170 g/mol. The van der Waals surface area contributed by atoms with Crippen LogP contribution >= 0.6 is 21.6 Å². The van der Waals surface area contributed by atoms with Gasteiger partial charge in [0.15, 0.2) is 0 Å². The molecule has 0 aromatic heterocycles. The Morgan fingerprint density at radius 3 is 2.70 bits per heavy atom. The van der Waals surface area contributed by atoms with Gasteiger partial charge in [-0.1, -0.05) is 21.6 Å². The molecule has 0 aliphatic rings. The van der Waals surface area contributed by atoms with Gasteiger partial charge in [0.1, 0.15) is 6.61 Å². The van der Waals surface area contributed by atoms with Crippen LogP contribution in [-0.4, -0.2) is 31.1 Å². The third-order valence-corrected chi connectivity index (χ3v) is 3.04. The fourth-order valence-electron chi connectivity index (χ4n) is 0.296. The zero-order chi connectivity index (χ0) is 7.66. The molecule has 60 valence electrons. The lowest BCUT2D eigenvalue weighted by molar-refractivity contribution is -0.128. The normalized spacial score (nSPS) is 9.30. The highest BCUT2D eigenvalue weighted by atomic mass is 33.1. The molecule has 5 heteroatoms. The predicted octanol–water partition coefficient (Wildman–Crippen LogP) is 0.499. The molecule has 0 spiro atoms. The minimum Gasteiger partial charge on any atom is -0.467 e. The van der Waals surface area contributed by atoms with Crippen molar-refractivity contribution in [2.75, 3.05) is 24.7 Å². The molecule has 0 aromatic carbocycles. The van der Waals surface area contributed by atoms with E-state index in [1.165, 1.54) is 0 Å². The van der Waals surface area contributed by atoms with E-state index in [4.69, 9.17) is 5.73 Å². The first-order valence-electron chi connectivity index (χ1n) is 2.91. The second kappa shape index (κ2) is 9.13. The molecule has 3 nitrogen and oxygen atoms in total. The lowest BCUT2D eigenvalue weighted by atomic mass is 10.8. The van der Waals surface area contributed by atoms with Crippen molar-refractivity contribution in [2.24, 2.45) is 5.73 Å². The summed E-state index contributed by atoms with van der Waals surface area (Å²) in [4.78, 5) is 9.64. The number of rotatable bonds is 7. The smallest absolute Gasteiger partial charge is 0.293 e. The van der Waals surface area contributed by atoms with Crippen LogP contribution in [0.3, 0.4) is 0 Å². The van der Waals surface area contributed by atoms with Gasteiger partial charge < -0.3 is 10.5 Å². The molecule has 0 aliphatic heterocycles. The summed E-state index contributed by atoms with van der Waals surface area (Å²) >= 11 is 0. The van der Waals surface area contributed by atoms with Gasteiger partial charge in [0.25, 0.3) is 6.47 Å². The molecule has 0 aromatic rings. The number of hydrogen-bond donors (Lipinski definition) is 1. The van der Waals surface area contributed by atoms with E-state index in [-0.39, 0.29) is 0 Å². The first-order chi connectivity index (χ1) is 4.91. The second-order valence-electron chi connectivity index (χ2n) is 1.40. The van der Waals surface area contributed by atoms with Crippen LogP contribution in [-0.2, 0) is 9.53 Å². The van der Waals surface area contributed by atoms with Crippen LogP contribution in [0.15, 0.2) is 0 Å². The number of nitrogens with two attached hydrogens (primary N) is 1. The van der Waals surface area contributed by atoms with E-state index >= 15 is 0 Å². The minimum atomic E-state index is 0.466. The topological polar surface area (TPSA) is 52.3 Å². The van der Waals surface area contributed by atoms with Gasteiger partial charge in [-0.05, 0) is 0 Å². The van der Waals surface area contributed by atoms with Crippen molar-refractivity contribution in [3.8, 4) is 0 Å². The Bertz CT molecular complexity index is 82.0. The summed E-state index contributed by atoms with van der Waals surface area (Å²) in [5.41, 5.74) is 5.25. The van der Waals surface area contributed by atoms with E-state index in [0.717, 1.165) is 11.5 Å². The largest absolute Gasteiger partial charge is 0.467 e. The summed E-state index contributed by atoms with van der Waals surface area (Å²) in [6, 6.07) is 0. The molecule has 2 N–H and O–H groups in total. The summed E-state index contributed by atoms with van der Waals surface area (Å²) in [5.74, 6) is 1.79. The number of hydrogen-bond acceptors (Lipinski definition) is 5. The van der Waals surface area contributed by atoms with Gasteiger partial charge in [0, 0.05) is 18.1 Å². The van der Waals surface area contributed by atoms with Gasteiger partial charge in [-0.15, -0.1) is 0 Å². The first-order valence-corrected chi connectivity index (χ1v) is 5.40. The Kier molecular flexibility index (Phi) is 9.25. The molecular formula is C5H11NO2S2. The van der Waals surface area contributed by atoms with Crippen molar-refractivity contribution in [2.45, 2.75) is 0 Å². The van der Waals surface area contributed by atoms with Gasteiger partial charge in [0.05, 0.1) is 0 Å². The van der Waals surface area contributed by atoms with Gasteiger partial charge in [0.2, 0.25) is 0 Å². The SMILES string of the molecule is NCCSSCCOC=O. The van der Waals surface area contributed by atoms with Crippen LogP contribution in [0.5, 0.6) is 0 Å². The maximum absolute atomic E-state index is 9.64. The number of ether oxygens (including phenoxy) is 1. The average Bonchev–Trinajstić information content (AvgIpc) is 1.97. The van der Waals surface area contributed by atoms with Gasteiger partial charge in [-0.3, -0.25) is 4.79 Å². The van der Waals surface area contributed by atoms with Gasteiger partial charge >= 0.3 is 0 Å². The van der Waals surface area contributed by atoms with Crippen molar-refractivity contribution < 1.29 is 9.53 Å². The fourth-order valence-corrected chi connectivity index (χ4v) is 1.99. The van der Waals surface area contributed by atoms with Crippen molar-refractivity contribution in [3.05, 3.63) is 0 Å². The van der Waals surface area contributed by atoms with E-state index < -0.39 is 0 Å². The van der Waals surface area contributed by atoms with Crippen molar-refractivity contribution in [1.29, 1.82) is 0 Å². The molecule has 0 aliphatic carbocycles. The summed E-state index contributed by atoms with van der Waals surface area (Å²) in [7, 11) is 3.37. The van der Waals surface area contributed by atoms with Crippen molar-refractivity contribution in [3.63, 3.8) is 0 Å². The Morgan fingerprint density at radius 1 is 1.40 bits per heavy atom. The van der Waals surface area contributed by atoms with Crippen LogP contribution in [0.1, 0.15) is 0 Å². The van der Waals surface area contributed by atoms with Crippen LogP contribution in [0.2, 0.25) is 0 Å². The van der Waals surface area contributed by atoms with Gasteiger partial charge in [-0.25, -0.2) is 0 Å². The third kappa shape index (κ3) is 8.13. The fraction of sp³-hybridized carbons (Fsp3) is 0.800. The highest BCUT2D eigenvalue weighted by Crippen LogP contribution is 2.19. The molecule has 0 fully saturated rings. The highest BCUT2D eigenvalue weighted by Gasteiger charge is 1.88. The Hall–Kier alpha value is 0.130. The van der Waals surface area contributed by atoms with Crippen LogP contribution in [0.4, 0.5) is 0 Å². The van der Waals surface area contributed by atoms with E-state index in [2.05, 4.69) is 4.74 Å². The molecule has 0 unspecified atom stereocenters. The summed E-state index contributed by atoms with van der Waals surface area (Å²) in [6.07, 6.45) is 0. The van der Waals surface area contributed by atoms with Crippen LogP contribution in [0, 0.1) is 0 Å². The van der Waals surface area contributed by atoms with E-state index in [0.29, 0.717) is 19.6 Å². The van der Waals surface area contributed by atoms with Crippen LogP contribution < -0.4 is 5.73 Å². The van der Waals surface area contributed by atoms with E-state index in [9.17, 15) is 4.79 Å². The molecule has 0 rings (SSSR count). The maximum atomic E-state index is 9.64. The van der Waals surface area contributed by atoms with E-state index in [1.807, 2.05) is 0 Å². The summed E-state index contributed by atoms with van der Waals surface area (Å²) in [6.45, 7) is 1.66. The third-order valence-electron chi connectivity index (χ3n) is 0.637. The predicted molar refractivity (Wildman–Crippen MR) is 46.0 cm³/mol. The summed E-state index contributed by atoms with van der Waals surface area (Å²) in [5, 5.41) is 0. The first kappa shape index (κ1) is 10.1. The maximum Gasteiger partial charge on any atom is 0.293 e. The molecule has 0 saturated heterocycles. The minimum absolute atomic E-state index is 0.466.